The normalized spacial score (nSPS) is 14.4. The number of ether oxygens (including phenoxy) is 1. The summed E-state index contributed by atoms with van der Waals surface area (Å²) < 4.78 is 21.5. The molecule has 4 rings (SSSR count). The topological polar surface area (TPSA) is 63.5 Å². The molecule has 0 saturated carbocycles. The first-order valence-electron chi connectivity index (χ1n) is 7.94. The Kier molecular flexibility index (Phi) is 3.73. The van der Waals surface area contributed by atoms with Gasteiger partial charge in [0.2, 0.25) is 0 Å². The number of nitrogens with zero attached hydrogens (tertiary/aromatic N) is 1. The molecule has 6 heteroatoms. The second-order valence-electron chi connectivity index (χ2n) is 5.89. The van der Waals surface area contributed by atoms with Crippen LogP contribution in [0.3, 0.4) is 0 Å². The summed E-state index contributed by atoms with van der Waals surface area (Å²) in [5, 5.41) is 12.3. The monoisotopic (exact) mass is 350 g/mol. The highest BCUT2D eigenvalue weighted by atomic mass is 19.1. The van der Waals surface area contributed by atoms with E-state index in [1.54, 1.807) is 54.5 Å². The number of benzene rings is 2. The van der Waals surface area contributed by atoms with E-state index in [0.717, 1.165) is 0 Å². The van der Waals surface area contributed by atoms with Crippen molar-refractivity contribution in [2.75, 3.05) is 12.4 Å². The molecule has 2 aromatic carbocycles. The molecule has 0 atom stereocenters. The number of aromatic hydroxyl groups is 1. The summed E-state index contributed by atoms with van der Waals surface area (Å²) in [7, 11) is 1.56. The number of nitrogens with one attached hydrogen (secondary N) is 1. The number of aromatic nitrogens is 1. The molecule has 0 bridgehead atoms. The van der Waals surface area contributed by atoms with Gasteiger partial charge in [-0.1, -0.05) is 12.1 Å². The maximum Gasteiger partial charge on any atom is 0.257 e. The zero-order valence-electron chi connectivity index (χ0n) is 13.9. The first kappa shape index (κ1) is 16.0. The van der Waals surface area contributed by atoms with E-state index in [1.807, 2.05) is 0 Å². The number of methoxy groups -OCH3 is 1. The lowest BCUT2D eigenvalue weighted by Crippen LogP contribution is -2.04. The summed E-state index contributed by atoms with van der Waals surface area (Å²) in [6.45, 7) is 0. The van der Waals surface area contributed by atoms with Crippen molar-refractivity contribution in [3.8, 4) is 22.6 Å². The molecule has 130 valence electrons. The SMILES string of the molecule is COc1ccn(C=C2C(=O)Nc3ccc(F)c(-c4ccc(O)cc4)c32)c1. The molecule has 0 radical (unpaired) electrons. The van der Waals surface area contributed by atoms with Crippen LogP contribution in [-0.4, -0.2) is 22.7 Å². The highest BCUT2D eigenvalue weighted by Crippen LogP contribution is 2.41. The average molecular weight is 350 g/mol. The lowest BCUT2D eigenvalue weighted by atomic mass is 9.94. The van der Waals surface area contributed by atoms with Crippen molar-refractivity contribution in [1.82, 2.24) is 4.57 Å². The number of hydrogen-bond acceptors (Lipinski definition) is 3. The van der Waals surface area contributed by atoms with Gasteiger partial charge in [0.25, 0.3) is 5.91 Å². The maximum atomic E-state index is 14.7. The molecule has 5 nitrogen and oxygen atoms in total. The van der Waals surface area contributed by atoms with Crippen molar-refractivity contribution < 1.29 is 19.0 Å². The summed E-state index contributed by atoms with van der Waals surface area (Å²) in [5.74, 6) is -0.00941. The van der Waals surface area contributed by atoms with Crippen molar-refractivity contribution in [3.63, 3.8) is 0 Å². The molecular weight excluding hydrogens is 335 g/mol. The van der Waals surface area contributed by atoms with Crippen LogP contribution >= 0.6 is 0 Å². The predicted octanol–water partition coefficient (Wildman–Crippen LogP) is 3.96. The van der Waals surface area contributed by atoms with Gasteiger partial charge in [0.15, 0.2) is 0 Å². The Bertz CT molecular complexity index is 1040. The first-order valence-corrected chi connectivity index (χ1v) is 7.94. The van der Waals surface area contributed by atoms with Crippen molar-refractivity contribution in [2.45, 2.75) is 0 Å². The third kappa shape index (κ3) is 2.61. The number of halogens is 1. The van der Waals surface area contributed by atoms with Gasteiger partial charge in [0.05, 0.1) is 18.9 Å². The lowest BCUT2D eigenvalue weighted by Gasteiger charge is -2.10. The number of hydrogen-bond donors (Lipinski definition) is 2. The fourth-order valence-electron chi connectivity index (χ4n) is 3.04. The Labute approximate surface area is 149 Å². The van der Waals surface area contributed by atoms with Crippen LogP contribution in [0.2, 0.25) is 0 Å². The molecule has 1 aliphatic heterocycles. The summed E-state index contributed by atoms with van der Waals surface area (Å²) in [6, 6.07) is 10.8. The Morgan fingerprint density at radius 3 is 2.58 bits per heavy atom. The third-order valence-electron chi connectivity index (χ3n) is 4.27. The quantitative estimate of drug-likeness (QED) is 0.703. The van der Waals surface area contributed by atoms with Crippen LogP contribution in [-0.2, 0) is 4.79 Å². The minimum atomic E-state index is -0.443. The molecule has 0 unspecified atom stereocenters. The highest BCUT2D eigenvalue weighted by molar-refractivity contribution is 6.35. The molecule has 0 spiro atoms. The minimum absolute atomic E-state index is 0.0890. The predicted molar refractivity (Wildman–Crippen MR) is 97.3 cm³/mol. The molecule has 26 heavy (non-hydrogen) atoms. The number of anilines is 1. The number of amides is 1. The minimum Gasteiger partial charge on any atom is -0.508 e. The van der Waals surface area contributed by atoms with Crippen LogP contribution < -0.4 is 10.1 Å². The fourth-order valence-corrected chi connectivity index (χ4v) is 3.04. The number of phenolic OH excluding ortho intramolecular Hbond substituents is 1. The molecule has 1 amide bonds. The molecule has 1 aromatic heterocycles. The molecule has 0 aliphatic carbocycles. The van der Waals surface area contributed by atoms with Gasteiger partial charge < -0.3 is 19.7 Å². The molecule has 0 saturated heterocycles. The van der Waals surface area contributed by atoms with Crippen molar-refractivity contribution in [2.24, 2.45) is 0 Å². The summed E-state index contributed by atoms with van der Waals surface area (Å²) in [5.41, 5.74) is 2.27. The van der Waals surface area contributed by atoms with E-state index in [9.17, 15) is 14.3 Å². The van der Waals surface area contributed by atoms with Gasteiger partial charge in [0, 0.05) is 29.2 Å². The Morgan fingerprint density at radius 2 is 1.88 bits per heavy atom. The van der Waals surface area contributed by atoms with E-state index in [0.29, 0.717) is 33.7 Å². The van der Waals surface area contributed by atoms with Gasteiger partial charge in [0.1, 0.15) is 17.3 Å². The third-order valence-corrected chi connectivity index (χ3v) is 4.27. The fraction of sp³-hybridized carbons (Fsp3) is 0.0500. The van der Waals surface area contributed by atoms with Crippen molar-refractivity contribution in [1.29, 1.82) is 0 Å². The molecular formula is C20H15FN2O3. The zero-order chi connectivity index (χ0) is 18.3. The van der Waals surface area contributed by atoms with E-state index in [2.05, 4.69) is 5.32 Å². The lowest BCUT2D eigenvalue weighted by molar-refractivity contribution is -0.110. The maximum absolute atomic E-state index is 14.7. The van der Waals surface area contributed by atoms with E-state index in [-0.39, 0.29) is 11.7 Å². The Balaban J connectivity index is 1.91. The molecule has 0 fully saturated rings. The molecule has 2 N–H and O–H groups in total. The van der Waals surface area contributed by atoms with E-state index >= 15 is 0 Å². The largest absolute Gasteiger partial charge is 0.508 e. The van der Waals surface area contributed by atoms with Gasteiger partial charge in [-0.15, -0.1) is 0 Å². The highest BCUT2D eigenvalue weighted by Gasteiger charge is 2.29. The average Bonchev–Trinajstić information content (AvgIpc) is 3.21. The molecule has 2 heterocycles. The summed E-state index contributed by atoms with van der Waals surface area (Å²) in [4.78, 5) is 12.5. The Hall–Kier alpha value is -3.54. The zero-order valence-corrected chi connectivity index (χ0v) is 13.9. The number of carbonyl (C=O) groups excluding carboxylic acids is 1. The smallest absolute Gasteiger partial charge is 0.257 e. The van der Waals surface area contributed by atoms with Crippen LogP contribution in [0.15, 0.2) is 54.9 Å². The van der Waals surface area contributed by atoms with Crippen molar-refractivity contribution in [3.05, 3.63) is 66.2 Å². The van der Waals surface area contributed by atoms with Crippen LogP contribution in [0.4, 0.5) is 10.1 Å². The summed E-state index contributed by atoms with van der Waals surface area (Å²) >= 11 is 0. The molecule has 1 aliphatic rings. The summed E-state index contributed by atoms with van der Waals surface area (Å²) in [6.07, 6.45) is 5.10. The number of rotatable bonds is 3. The van der Waals surface area contributed by atoms with Crippen molar-refractivity contribution >= 4 is 23.4 Å². The van der Waals surface area contributed by atoms with Gasteiger partial charge in [-0.3, -0.25) is 4.79 Å². The van der Waals surface area contributed by atoms with Gasteiger partial charge in [-0.05, 0) is 35.9 Å². The number of fused-ring (bicyclic) bond motifs is 1. The first-order chi connectivity index (χ1) is 12.6. The van der Waals surface area contributed by atoms with Crippen LogP contribution in [0.5, 0.6) is 11.5 Å². The standard InChI is InChI=1S/C20H15FN2O3/c1-26-14-8-9-23(10-14)11-15-19-17(22-20(15)25)7-6-16(21)18(19)12-2-4-13(24)5-3-12/h2-11,24H,1H3,(H,22,25). The van der Waals surface area contributed by atoms with Crippen LogP contribution in [0, 0.1) is 5.82 Å². The second kappa shape index (κ2) is 6.07. The van der Waals surface area contributed by atoms with Gasteiger partial charge in [-0.2, -0.15) is 0 Å². The molecule has 3 aromatic rings. The van der Waals surface area contributed by atoms with E-state index < -0.39 is 5.82 Å². The Morgan fingerprint density at radius 1 is 1.12 bits per heavy atom. The van der Waals surface area contributed by atoms with E-state index in [1.165, 1.54) is 18.2 Å². The van der Waals surface area contributed by atoms with E-state index in [4.69, 9.17) is 4.74 Å². The second-order valence-corrected chi connectivity index (χ2v) is 5.89. The number of carbonyl (C=O) groups is 1. The van der Waals surface area contributed by atoms with Crippen LogP contribution in [0.1, 0.15) is 5.56 Å². The number of phenols is 1. The van der Waals surface area contributed by atoms with Gasteiger partial charge in [-0.25, -0.2) is 4.39 Å². The van der Waals surface area contributed by atoms with Gasteiger partial charge >= 0.3 is 0 Å². The van der Waals surface area contributed by atoms with Crippen LogP contribution in [0.25, 0.3) is 22.9 Å².